The molecule has 0 aromatic carbocycles. The molecule has 1 aliphatic heterocycles. The molecule has 0 amide bonds. The van der Waals surface area contributed by atoms with E-state index < -0.39 is 0 Å². The van der Waals surface area contributed by atoms with Gasteiger partial charge in [-0.05, 0) is 19.1 Å². The summed E-state index contributed by atoms with van der Waals surface area (Å²) in [6, 6.07) is 4.18. The van der Waals surface area contributed by atoms with Crippen molar-refractivity contribution in [2.45, 2.75) is 19.6 Å². The van der Waals surface area contributed by atoms with Crippen molar-refractivity contribution in [3.63, 3.8) is 0 Å². The summed E-state index contributed by atoms with van der Waals surface area (Å²) in [6.45, 7) is 5.42. The van der Waals surface area contributed by atoms with Crippen molar-refractivity contribution >= 4 is 5.69 Å². The predicted molar refractivity (Wildman–Crippen MR) is 73.2 cm³/mol. The molecule has 5 heteroatoms. The minimum atomic E-state index is 0.198. The fourth-order valence-corrected chi connectivity index (χ4v) is 2.34. The van der Waals surface area contributed by atoms with Crippen LogP contribution in [0.2, 0.25) is 0 Å². The number of aryl methyl sites for hydroxylation is 1. The van der Waals surface area contributed by atoms with Crippen LogP contribution in [0.5, 0.6) is 0 Å². The quantitative estimate of drug-likeness (QED) is 0.836. The third kappa shape index (κ3) is 2.93. The molecule has 1 fully saturated rings. The molecule has 1 saturated heterocycles. The maximum atomic E-state index is 5.82. The summed E-state index contributed by atoms with van der Waals surface area (Å²) in [6.07, 6.45) is 7.73. The number of morpholine rings is 1. The van der Waals surface area contributed by atoms with Crippen LogP contribution in [0.3, 0.4) is 0 Å². The van der Waals surface area contributed by atoms with E-state index in [0.29, 0.717) is 0 Å². The molecule has 3 heterocycles. The average Bonchev–Trinajstić information content (AvgIpc) is 2.93. The van der Waals surface area contributed by atoms with Crippen LogP contribution in [-0.2, 0) is 11.3 Å². The highest BCUT2D eigenvalue weighted by molar-refractivity contribution is 5.44. The van der Waals surface area contributed by atoms with Gasteiger partial charge in [-0.2, -0.15) is 0 Å². The summed E-state index contributed by atoms with van der Waals surface area (Å²) in [5.41, 5.74) is 2.22. The van der Waals surface area contributed by atoms with E-state index in [1.54, 1.807) is 6.20 Å². The van der Waals surface area contributed by atoms with Gasteiger partial charge in [0.15, 0.2) is 0 Å². The van der Waals surface area contributed by atoms with Crippen molar-refractivity contribution in [2.24, 2.45) is 0 Å². The zero-order valence-electron chi connectivity index (χ0n) is 11.1. The molecule has 100 valence electrons. The number of aromatic nitrogens is 3. The van der Waals surface area contributed by atoms with Gasteiger partial charge in [-0.15, -0.1) is 0 Å². The fourth-order valence-electron chi connectivity index (χ4n) is 2.34. The molecule has 0 unspecified atom stereocenters. The summed E-state index contributed by atoms with van der Waals surface area (Å²) in [5, 5.41) is 0. The Bertz CT molecular complexity index is 509. The standard InChI is InChI=1S/C14H18N4O/c1-12-2-3-13(8-16-12)18-6-7-19-14(10-18)9-17-5-4-15-11-17/h2-5,8,11,14H,6-7,9-10H2,1H3/t14-/m0/s1. The molecular formula is C14H18N4O. The predicted octanol–water partition coefficient (Wildman–Crippen LogP) is 1.49. The maximum absolute atomic E-state index is 5.82. The Labute approximate surface area is 112 Å². The molecule has 0 aliphatic carbocycles. The number of rotatable bonds is 3. The number of anilines is 1. The number of hydrogen-bond acceptors (Lipinski definition) is 4. The Morgan fingerprint density at radius 3 is 3.11 bits per heavy atom. The van der Waals surface area contributed by atoms with Gasteiger partial charge in [-0.1, -0.05) is 0 Å². The second-order valence-corrected chi connectivity index (χ2v) is 4.86. The molecule has 0 N–H and O–H groups in total. The summed E-state index contributed by atoms with van der Waals surface area (Å²) in [5.74, 6) is 0. The Balaban J connectivity index is 1.66. The van der Waals surface area contributed by atoms with Crippen molar-refractivity contribution in [3.05, 3.63) is 42.7 Å². The van der Waals surface area contributed by atoms with Gasteiger partial charge >= 0.3 is 0 Å². The van der Waals surface area contributed by atoms with E-state index in [4.69, 9.17) is 4.74 Å². The third-order valence-corrected chi connectivity index (χ3v) is 3.37. The van der Waals surface area contributed by atoms with Crippen LogP contribution in [-0.4, -0.2) is 40.3 Å². The Kier molecular flexibility index (Phi) is 3.46. The number of hydrogen-bond donors (Lipinski definition) is 0. The van der Waals surface area contributed by atoms with E-state index >= 15 is 0 Å². The summed E-state index contributed by atoms with van der Waals surface area (Å²) in [4.78, 5) is 10.7. The van der Waals surface area contributed by atoms with Crippen LogP contribution < -0.4 is 4.90 Å². The molecule has 5 nitrogen and oxygen atoms in total. The molecule has 0 bridgehead atoms. The van der Waals surface area contributed by atoms with Gasteiger partial charge in [0.2, 0.25) is 0 Å². The molecule has 19 heavy (non-hydrogen) atoms. The molecule has 0 radical (unpaired) electrons. The van der Waals surface area contributed by atoms with Gasteiger partial charge in [0.05, 0.1) is 37.5 Å². The van der Waals surface area contributed by atoms with Crippen LogP contribution in [0.1, 0.15) is 5.69 Å². The molecular weight excluding hydrogens is 240 g/mol. The van der Waals surface area contributed by atoms with Gasteiger partial charge in [-0.3, -0.25) is 4.98 Å². The first-order valence-electron chi connectivity index (χ1n) is 6.56. The molecule has 2 aromatic rings. The van der Waals surface area contributed by atoms with Crippen LogP contribution >= 0.6 is 0 Å². The van der Waals surface area contributed by atoms with E-state index in [1.807, 2.05) is 25.6 Å². The highest BCUT2D eigenvalue weighted by Gasteiger charge is 2.21. The largest absolute Gasteiger partial charge is 0.373 e. The van der Waals surface area contributed by atoms with E-state index in [-0.39, 0.29) is 6.10 Å². The van der Waals surface area contributed by atoms with Crippen LogP contribution in [0.4, 0.5) is 5.69 Å². The first-order chi connectivity index (χ1) is 9.31. The highest BCUT2D eigenvalue weighted by Crippen LogP contribution is 2.17. The first-order valence-corrected chi connectivity index (χ1v) is 6.56. The second kappa shape index (κ2) is 5.40. The number of nitrogens with zero attached hydrogens (tertiary/aromatic N) is 4. The molecule has 1 atom stereocenters. The van der Waals surface area contributed by atoms with Gasteiger partial charge in [0.1, 0.15) is 0 Å². The number of imidazole rings is 1. The number of ether oxygens (including phenoxy) is 1. The van der Waals surface area contributed by atoms with Crippen molar-refractivity contribution in [1.29, 1.82) is 0 Å². The zero-order valence-corrected chi connectivity index (χ0v) is 11.1. The minimum absolute atomic E-state index is 0.198. The van der Waals surface area contributed by atoms with E-state index in [0.717, 1.165) is 31.9 Å². The van der Waals surface area contributed by atoms with Crippen LogP contribution in [0.15, 0.2) is 37.1 Å². The van der Waals surface area contributed by atoms with Crippen molar-refractivity contribution in [3.8, 4) is 0 Å². The molecule has 3 rings (SSSR count). The van der Waals surface area contributed by atoms with Gasteiger partial charge in [-0.25, -0.2) is 4.98 Å². The normalized spacial score (nSPS) is 19.6. The van der Waals surface area contributed by atoms with Crippen molar-refractivity contribution < 1.29 is 4.74 Å². The lowest BCUT2D eigenvalue weighted by molar-refractivity contribution is 0.0296. The van der Waals surface area contributed by atoms with Crippen LogP contribution in [0, 0.1) is 6.92 Å². The summed E-state index contributed by atoms with van der Waals surface area (Å²) in [7, 11) is 0. The zero-order chi connectivity index (χ0) is 13.1. The van der Waals surface area contributed by atoms with Gasteiger partial charge in [0.25, 0.3) is 0 Å². The van der Waals surface area contributed by atoms with Gasteiger partial charge < -0.3 is 14.2 Å². The SMILES string of the molecule is Cc1ccc(N2CCO[C@@H](Cn3ccnc3)C2)cn1. The van der Waals surface area contributed by atoms with Crippen molar-refractivity contribution in [1.82, 2.24) is 14.5 Å². The van der Waals surface area contributed by atoms with E-state index in [9.17, 15) is 0 Å². The topological polar surface area (TPSA) is 43.2 Å². The average molecular weight is 258 g/mol. The highest BCUT2D eigenvalue weighted by atomic mass is 16.5. The first kappa shape index (κ1) is 12.2. The minimum Gasteiger partial charge on any atom is -0.373 e. The van der Waals surface area contributed by atoms with Crippen molar-refractivity contribution in [2.75, 3.05) is 24.6 Å². The Hall–Kier alpha value is -1.88. The smallest absolute Gasteiger partial charge is 0.0946 e. The number of pyridine rings is 1. The fraction of sp³-hybridized carbons (Fsp3) is 0.429. The lowest BCUT2D eigenvalue weighted by Gasteiger charge is -2.34. The molecule has 0 saturated carbocycles. The molecule has 0 spiro atoms. The maximum Gasteiger partial charge on any atom is 0.0946 e. The van der Waals surface area contributed by atoms with Gasteiger partial charge in [0, 0.05) is 31.2 Å². The Morgan fingerprint density at radius 1 is 1.42 bits per heavy atom. The monoisotopic (exact) mass is 258 g/mol. The lowest BCUT2D eigenvalue weighted by atomic mass is 10.2. The molecule has 1 aliphatic rings. The molecule has 2 aromatic heterocycles. The second-order valence-electron chi connectivity index (χ2n) is 4.86. The van der Waals surface area contributed by atoms with E-state index in [1.165, 1.54) is 5.69 Å². The third-order valence-electron chi connectivity index (χ3n) is 3.37. The summed E-state index contributed by atoms with van der Waals surface area (Å²) >= 11 is 0. The van der Waals surface area contributed by atoms with Crippen LogP contribution in [0.25, 0.3) is 0 Å². The summed E-state index contributed by atoms with van der Waals surface area (Å²) < 4.78 is 7.87. The Morgan fingerprint density at radius 2 is 2.37 bits per heavy atom. The lowest BCUT2D eigenvalue weighted by Crippen LogP contribution is -2.44. The van der Waals surface area contributed by atoms with E-state index in [2.05, 4.69) is 31.6 Å².